The minimum atomic E-state index is -0.318. The largest absolute Gasteiger partial charge is 0.484 e. The second kappa shape index (κ2) is 9.00. The molecule has 5 nitrogen and oxygen atoms in total. The molecule has 0 atom stereocenters. The molecule has 1 N–H and O–H groups in total. The standard InChI is InChI=1S/C16H23NO4/c1-4-13-5-7-14(8-6-13)20-11-15(18)17-10-9-16(19)21-12(2)3/h5-8,12H,4,9-11H2,1-3H3,(H,17,18). The van der Waals surface area contributed by atoms with Crippen molar-refractivity contribution in [2.75, 3.05) is 13.2 Å². The van der Waals surface area contributed by atoms with Crippen LogP contribution in [0.15, 0.2) is 24.3 Å². The summed E-state index contributed by atoms with van der Waals surface area (Å²) >= 11 is 0. The summed E-state index contributed by atoms with van der Waals surface area (Å²) in [5, 5.41) is 2.61. The monoisotopic (exact) mass is 293 g/mol. The summed E-state index contributed by atoms with van der Waals surface area (Å²) in [6.07, 6.45) is 0.991. The molecule has 0 spiro atoms. The molecule has 0 saturated carbocycles. The quantitative estimate of drug-likeness (QED) is 0.745. The molecule has 0 aromatic heterocycles. The Hall–Kier alpha value is -2.04. The Bertz CT molecular complexity index is 454. The van der Waals surface area contributed by atoms with E-state index in [1.807, 2.05) is 24.3 Å². The number of nitrogens with one attached hydrogen (secondary N) is 1. The lowest BCUT2D eigenvalue weighted by Gasteiger charge is -2.09. The van der Waals surface area contributed by atoms with Crippen LogP contribution in [0.4, 0.5) is 0 Å². The van der Waals surface area contributed by atoms with Gasteiger partial charge in [0.05, 0.1) is 12.5 Å². The van der Waals surface area contributed by atoms with Crippen LogP contribution >= 0.6 is 0 Å². The zero-order valence-electron chi connectivity index (χ0n) is 12.8. The molecule has 1 aromatic rings. The fourth-order valence-corrected chi connectivity index (χ4v) is 1.65. The summed E-state index contributed by atoms with van der Waals surface area (Å²) in [5.74, 6) is 0.0786. The Morgan fingerprint density at radius 3 is 2.43 bits per heavy atom. The zero-order chi connectivity index (χ0) is 15.7. The molecule has 0 aliphatic heterocycles. The molecule has 1 rings (SSSR count). The van der Waals surface area contributed by atoms with Crippen molar-refractivity contribution in [2.45, 2.75) is 39.7 Å². The van der Waals surface area contributed by atoms with E-state index in [0.717, 1.165) is 6.42 Å². The number of benzene rings is 1. The molecule has 5 heteroatoms. The molecule has 21 heavy (non-hydrogen) atoms. The third-order valence-electron chi connectivity index (χ3n) is 2.72. The van der Waals surface area contributed by atoms with Crippen LogP contribution in [-0.2, 0) is 20.7 Å². The average molecular weight is 293 g/mol. The van der Waals surface area contributed by atoms with Crippen molar-refractivity contribution in [1.29, 1.82) is 0 Å². The van der Waals surface area contributed by atoms with E-state index in [1.54, 1.807) is 13.8 Å². The summed E-state index contributed by atoms with van der Waals surface area (Å²) in [7, 11) is 0. The van der Waals surface area contributed by atoms with E-state index in [0.29, 0.717) is 5.75 Å². The number of rotatable bonds is 8. The second-order valence-corrected chi connectivity index (χ2v) is 4.92. The van der Waals surface area contributed by atoms with E-state index in [2.05, 4.69) is 12.2 Å². The van der Waals surface area contributed by atoms with Gasteiger partial charge in [-0.15, -0.1) is 0 Å². The predicted octanol–water partition coefficient (Wildman–Crippen LogP) is 2.09. The van der Waals surface area contributed by atoms with Gasteiger partial charge in [-0.1, -0.05) is 19.1 Å². The van der Waals surface area contributed by atoms with E-state index in [9.17, 15) is 9.59 Å². The van der Waals surface area contributed by atoms with Crippen LogP contribution in [0.2, 0.25) is 0 Å². The van der Waals surface area contributed by atoms with Crippen molar-refractivity contribution in [1.82, 2.24) is 5.32 Å². The maximum atomic E-state index is 11.6. The summed E-state index contributed by atoms with van der Waals surface area (Å²) < 4.78 is 10.3. The Morgan fingerprint density at radius 2 is 1.86 bits per heavy atom. The number of carbonyl (C=O) groups is 2. The van der Waals surface area contributed by atoms with Gasteiger partial charge in [0.25, 0.3) is 5.91 Å². The van der Waals surface area contributed by atoms with E-state index in [-0.39, 0.29) is 37.6 Å². The first-order chi connectivity index (χ1) is 10.0. The topological polar surface area (TPSA) is 64.6 Å². The zero-order valence-corrected chi connectivity index (χ0v) is 12.8. The highest BCUT2D eigenvalue weighted by molar-refractivity contribution is 5.78. The van der Waals surface area contributed by atoms with E-state index >= 15 is 0 Å². The minimum Gasteiger partial charge on any atom is -0.484 e. The van der Waals surface area contributed by atoms with Crippen LogP contribution in [0, 0.1) is 0 Å². The van der Waals surface area contributed by atoms with E-state index in [4.69, 9.17) is 9.47 Å². The average Bonchev–Trinajstić information content (AvgIpc) is 2.45. The second-order valence-electron chi connectivity index (χ2n) is 4.92. The minimum absolute atomic E-state index is 0.0648. The molecule has 0 unspecified atom stereocenters. The molecule has 0 aliphatic rings. The van der Waals surface area contributed by atoms with Gasteiger partial charge in [0.2, 0.25) is 0 Å². The Kier molecular flexibility index (Phi) is 7.29. The highest BCUT2D eigenvalue weighted by atomic mass is 16.5. The van der Waals surface area contributed by atoms with Crippen LogP contribution in [-0.4, -0.2) is 31.1 Å². The van der Waals surface area contributed by atoms with Crippen LogP contribution in [0.5, 0.6) is 5.75 Å². The molecule has 0 heterocycles. The summed E-state index contributed by atoms with van der Waals surface area (Å²) in [5.41, 5.74) is 1.22. The molecule has 0 fully saturated rings. The molecular formula is C16H23NO4. The number of ether oxygens (including phenoxy) is 2. The third kappa shape index (κ3) is 7.34. The lowest BCUT2D eigenvalue weighted by atomic mass is 10.2. The number of aryl methyl sites for hydroxylation is 1. The lowest BCUT2D eigenvalue weighted by Crippen LogP contribution is -2.31. The molecule has 1 amide bonds. The van der Waals surface area contributed by atoms with Crippen molar-refractivity contribution in [3.63, 3.8) is 0 Å². The van der Waals surface area contributed by atoms with Crippen molar-refractivity contribution >= 4 is 11.9 Å². The number of hydrogen-bond acceptors (Lipinski definition) is 4. The summed E-state index contributed by atoms with van der Waals surface area (Å²) in [4.78, 5) is 22.8. The van der Waals surface area contributed by atoms with Gasteiger partial charge in [0.15, 0.2) is 6.61 Å². The van der Waals surface area contributed by atoms with Crippen LogP contribution in [0.25, 0.3) is 0 Å². The van der Waals surface area contributed by atoms with Crippen molar-refractivity contribution < 1.29 is 19.1 Å². The van der Waals surface area contributed by atoms with Gasteiger partial charge in [-0.2, -0.15) is 0 Å². The molecule has 0 bridgehead atoms. The van der Waals surface area contributed by atoms with Gasteiger partial charge >= 0.3 is 5.97 Å². The number of hydrogen-bond donors (Lipinski definition) is 1. The van der Waals surface area contributed by atoms with Crippen molar-refractivity contribution in [3.05, 3.63) is 29.8 Å². The van der Waals surface area contributed by atoms with E-state index < -0.39 is 0 Å². The molecule has 0 radical (unpaired) electrons. The Labute approximate surface area is 125 Å². The van der Waals surface area contributed by atoms with Gasteiger partial charge in [-0.3, -0.25) is 9.59 Å². The van der Waals surface area contributed by atoms with Crippen LogP contribution in [0.3, 0.4) is 0 Å². The maximum absolute atomic E-state index is 11.6. The molecule has 1 aromatic carbocycles. The van der Waals surface area contributed by atoms with Gasteiger partial charge in [0.1, 0.15) is 5.75 Å². The summed E-state index contributed by atoms with van der Waals surface area (Å²) in [6.45, 7) is 5.84. The highest BCUT2D eigenvalue weighted by Crippen LogP contribution is 2.12. The number of esters is 1. The number of amides is 1. The SMILES string of the molecule is CCc1ccc(OCC(=O)NCCC(=O)OC(C)C)cc1. The first kappa shape index (κ1) is 17.0. The van der Waals surface area contributed by atoms with Gasteiger partial charge in [-0.05, 0) is 38.0 Å². The molecule has 116 valence electrons. The smallest absolute Gasteiger partial charge is 0.307 e. The predicted molar refractivity (Wildman–Crippen MR) is 80.2 cm³/mol. The summed E-state index contributed by atoms with van der Waals surface area (Å²) in [6, 6.07) is 7.61. The maximum Gasteiger partial charge on any atom is 0.307 e. The fraction of sp³-hybridized carbons (Fsp3) is 0.500. The third-order valence-corrected chi connectivity index (χ3v) is 2.72. The van der Waals surface area contributed by atoms with E-state index in [1.165, 1.54) is 5.56 Å². The van der Waals surface area contributed by atoms with Gasteiger partial charge < -0.3 is 14.8 Å². The van der Waals surface area contributed by atoms with Gasteiger partial charge in [-0.25, -0.2) is 0 Å². The highest BCUT2D eigenvalue weighted by Gasteiger charge is 2.07. The van der Waals surface area contributed by atoms with Crippen LogP contribution < -0.4 is 10.1 Å². The fourth-order valence-electron chi connectivity index (χ4n) is 1.65. The lowest BCUT2D eigenvalue weighted by molar-refractivity contribution is -0.147. The van der Waals surface area contributed by atoms with Crippen LogP contribution in [0.1, 0.15) is 32.8 Å². The first-order valence-corrected chi connectivity index (χ1v) is 7.19. The number of carbonyl (C=O) groups excluding carboxylic acids is 2. The Morgan fingerprint density at radius 1 is 1.19 bits per heavy atom. The molecule has 0 aliphatic carbocycles. The first-order valence-electron chi connectivity index (χ1n) is 7.19. The normalized spacial score (nSPS) is 10.3. The van der Waals surface area contributed by atoms with Crippen molar-refractivity contribution in [3.8, 4) is 5.75 Å². The van der Waals surface area contributed by atoms with Crippen molar-refractivity contribution in [2.24, 2.45) is 0 Å². The van der Waals surface area contributed by atoms with Gasteiger partial charge in [0, 0.05) is 6.54 Å². The Balaban J connectivity index is 2.20. The molecule has 0 saturated heterocycles. The molecular weight excluding hydrogens is 270 g/mol.